The fourth-order valence-corrected chi connectivity index (χ4v) is 8.37. The van der Waals surface area contributed by atoms with E-state index in [4.69, 9.17) is 10.00 Å². The predicted molar refractivity (Wildman–Crippen MR) is 145 cm³/mol. The first-order chi connectivity index (χ1) is 18.3. The lowest BCUT2D eigenvalue weighted by Crippen LogP contribution is -2.69. The Bertz CT molecular complexity index is 1320. The van der Waals surface area contributed by atoms with Gasteiger partial charge in [0, 0.05) is 57.5 Å². The molecule has 3 aliphatic rings. The standard InChI is InChI=1S/C28H35N5O4S/c1-3-37-27(34)28-12-11-25(20-30(21-28)19-23-7-5-4-6-8-23)33(28)38(35,36)32-15-13-31(14-16-32)26-10-9-24(18-29)17-22(26)2/h4-10,17,25H,3,11-16,19-21H2,1-2H3. The fourth-order valence-electron chi connectivity index (χ4n) is 6.29. The number of hydrogen-bond acceptors (Lipinski definition) is 7. The molecule has 2 bridgehead atoms. The van der Waals surface area contributed by atoms with Crippen LogP contribution < -0.4 is 4.90 Å². The minimum atomic E-state index is -3.90. The van der Waals surface area contributed by atoms with E-state index in [1.165, 1.54) is 8.61 Å². The summed E-state index contributed by atoms with van der Waals surface area (Å²) in [6, 6.07) is 17.5. The number of esters is 1. The number of ether oxygens (including phenoxy) is 1. The Hall–Kier alpha value is -2.97. The van der Waals surface area contributed by atoms with E-state index < -0.39 is 21.7 Å². The van der Waals surface area contributed by atoms with Crippen LogP contribution in [-0.2, 0) is 26.3 Å². The van der Waals surface area contributed by atoms with E-state index in [0.29, 0.717) is 64.2 Å². The minimum Gasteiger partial charge on any atom is -0.465 e. The van der Waals surface area contributed by atoms with Gasteiger partial charge >= 0.3 is 5.97 Å². The zero-order valence-corrected chi connectivity index (χ0v) is 22.9. The Balaban J connectivity index is 1.36. The van der Waals surface area contributed by atoms with Gasteiger partial charge in [0.05, 0.1) is 18.2 Å². The van der Waals surface area contributed by atoms with Crippen LogP contribution in [0.25, 0.3) is 0 Å². The van der Waals surface area contributed by atoms with Gasteiger partial charge < -0.3 is 9.64 Å². The minimum absolute atomic E-state index is 0.209. The number of carbonyl (C=O) groups excluding carboxylic acids is 1. The molecule has 3 aliphatic heterocycles. The molecule has 0 saturated carbocycles. The molecule has 9 nitrogen and oxygen atoms in total. The number of rotatable bonds is 7. The second-order valence-electron chi connectivity index (χ2n) is 10.4. The van der Waals surface area contributed by atoms with Crippen molar-refractivity contribution in [3.8, 4) is 6.07 Å². The summed E-state index contributed by atoms with van der Waals surface area (Å²) >= 11 is 0. The molecule has 3 saturated heterocycles. The van der Waals surface area contributed by atoms with Gasteiger partial charge in [-0.2, -0.15) is 22.3 Å². The molecule has 2 unspecified atom stereocenters. The number of nitriles is 1. The molecule has 0 aromatic heterocycles. The predicted octanol–water partition coefficient (Wildman–Crippen LogP) is 2.52. The Morgan fingerprint density at radius 1 is 1.13 bits per heavy atom. The number of benzene rings is 2. The molecule has 5 rings (SSSR count). The second-order valence-corrected chi connectivity index (χ2v) is 12.2. The van der Waals surface area contributed by atoms with Crippen molar-refractivity contribution in [1.82, 2.24) is 13.5 Å². The molecule has 3 fully saturated rings. The third kappa shape index (κ3) is 4.80. The van der Waals surface area contributed by atoms with Gasteiger partial charge in [-0.1, -0.05) is 30.3 Å². The highest BCUT2D eigenvalue weighted by Crippen LogP contribution is 2.43. The van der Waals surface area contributed by atoms with Crippen LogP contribution in [0.1, 0.15) is 36.5 Å². The van der Waals surface area contributed by atoms with Crippen molar-refractivity contribution in [2.75, 3.05) is 50.8 Å². The smallest absolute Gasteiger partial charge is 0.328 e. The molecular formula is C28H35N5O4S. The van der Waals surface area contributed by atoms with Crippen LogP contribution in [-0.4, -0.2) is 85.4 Å². The number of piperazine rings is 2. The van der Waals surface area contributed by atoms with E-state index in [9.17, 15) is 13.2 Å². The summed E-state index contributed by atoms with van der Waals surface area (Å²) in [5.41, 5.74) is 2.54. The van der Waals surface area contributed by atoms with Crippen molar-refractivity contribution in [2.45, 2.75) is 44.8 Å². The van der Waals surface area contributed by atoms with Crippen molar-refractivity contribution in [3.63, 3.8) is 0 Å². The first kappa shape index (κ1) is 26.6. The lowest BCUT2D eigenvalue weighted by Gasteiger charge is -2.48. The highest BCUT2D eigenvalue weighted by atomic mass is 32.2. The molecule has 3 heterocycles. The lowest BCUT2D eigenvalue weighted by molar-refractivity contribution is -0.157. The summed E-state index contributed by atoms with van der Waals surface area (Å²) in [5.74, 6) is -0.448. The normalized spacial score (nSPS) is 24.8. The number of fused-ring (bicyclic) bond motifs is 2. The maximum atomic E-state index is 14.1. The number of nitrogens with zero attached hydrogens (tertiary/aromatic N) is 5. The molecule has 0 N–H and O–H groups in total. The molecule has 2 aromatic carbocycles. The Labute approximate surface area is 225 Å². The summed E-state index contributed by atoms with van der Waals surface area (Å²) in [7, 11) is -3.90. The first-order valence-electron chi connectivity index (χ1n) is 13.3. The van der Waals surface area contributed by atoms with Crippen LogP contribution in [0.5, 0.6) is 0 Å². The second kappa shape index (κ2) is 10.7. The summed E-state index contributed by atoms with van der Waals surface area (Å²) in [4.78, 5) is 17.8. The summed E-state index contributed by atoms with van der Waals surface area (Å²) in [6.07, 6.45) is 1.10. The summed E-state index contributed by atoms with van der Waals surface area (Å²) < 4.78 is 36.8. The topological polar surface area (TPSA) is 97.2 Å². The molecule has 0 aliphatic carbocycles. The molecular weight excluding hydrogens is 502 g/mol. The monoisotopic (exact) mass is 537 g/mol. The van der Waals surface area contributed by atoms with Gasteiger partial charge in [0.2, 0.25) is 0 Å². The van der Waals surface area contributed by atoms with Gasteiger partial charge in [0.1, 0.15) is 5.54 Å². The molecule has 10 heteroatoms. The highest BCUT2D eigenvalue weighted by Gasteiger charge is 2.62. The van der Waals surface area contributed by atoms with Crippen molar-refractivity contribution in [3.05, 3.63) is 65.2 Å². The molecule has 2 atom stereocenters. The zero-order chi connectivity index (χ0) is 26.9. The van der Waals surface area contributed by atoms with E-state index >= 15 is 0 Å². The van der Waals surface area contributed by atoms with Gasteiger partial charge in [-0.05, 0) is 56.0 Å². The van der Waals surface area contributed by atoms with Crippen LogP contribution in [0.3, 0.4) is 0 Å². The lowest BCUT2D eigenvalue weighted by atomic mass is 9.96. The van der Waals surface area contributed by atoms with E-state index in [1.54, 1.807) is 13.0 Å². The van der Waals surface area contributed by atoms with E-state index in [0.717, 1.165) is 16.8 Å². The molecule has 2 aromatic rings. The maximum absolute atomic E-state index is 14.1. The Morgan fingerprint density at radius 3 is 2.53 bits per heavy atom. The van der Waals surface area contributed by atoms with Crippen LogP contribution in [0.15, 0.2) is 48.5 Å². The number of likely N-dealkylation sites (tertiary alicyclic amines) is 1. The molecule has 0 radical (unpaired) electrons. The van der Waals surface area contributed by atoms with Gasteiger partial charge in [-0.3, -0.25) is 4.90 Å². The summed E-state index contributed by atoms with van der Waals surface area (Å²) in [5, 5.41) is 9.17. The van der Waals surface area contributed by atoms with Crippen molar-refractivity contribution >= 4 is 21.9 Å². The van der Waals surface area contributed by atoms with Gasteiger partial charge in [-0.25, -0.2) is 4.79 Å². The third-order valence-electron chi connectivity index (χ3n) is 7.98. The van der Waals surface area contributed by atoms with Crippen molar-refractivity contribution in [2.24, 2.45) is 0 Å². The molecule has 0 spiro atoms. The van der Waals surface area contributed by atoms with Crippen LogP contribution >= 0.6 is 0 Å². The van der Waals surface area contributed by atoms with Crippen LogP contribution in [0, 0.1) is 18.3 Å². The van der Waals surface area contributed by atoms with E-state index in [2.05, 4.69) is 28.0 Å². The molecule has 38 heavy (non-hydrogen) atoms. The van der Waals surface area contributed by atoms with E-state index in [-0.39, 0.29) is 12.6 Å². The van der Waals surface area contributed by atoms with Gasteiger partial charge in [0.15, 0.2) is 0 Å². The maximum Gasteiger partial charge on any atom is 0.328 e. The first-order valence-corrected chi connectivity index (χ1v) is 14.7. The van der Waals surface area contributed by atoms with Crippen LogP contribution in [0.2, 0.25) is 0 Å². The SMILES string of the molecule is CCOC(=O)C12CCC(CN(Cc3ccccc3)C1)N2S(=O)(=O)N1CCN(c2ccc(C#N)cc2C)CC1. The number of aryl methyl sites for hydroxylation is 1. The van der Waals surface area contributed by atoms with E-state index in [1.807, 2.05) is 37.3 Å². The Morgan fingerprint density at radius 2 is 1.87 bits per heavy atom. The van der Waals surface area contributed by atoms with Crippen molar-refractivity contribution in [1.29, 1.82) is 5.26 Å². The Kier molecular flexibility index (Phi) is 7.47. The molecule has 0 amide bonds. The van der Waals surface area contributed by atoms with Crippen molar-refractivity contribution < 1.29 is 17.9 Å². The number of hydrogen-bond donors (Lipinski definition) is 0. The molecule has 202 valence electrons. The summed E-state index contributed by atoms with van der Waals surface area (Å²) in [6.45, 7) is 7.24. The van der Waals surface area contributed by atoms with Gasteiger partial charge in [-0.15, -0.1) is 0 Å². The fraction of sp³-hybridized carbons (Fsp3) is 0.500. The third-order valence-corrected chi connectivity index (χ3v) is 10.1. The average Bonchev–Trinajstić information content (AvgIpc) is 3.18. The highest BCUT2D eigenvalue weighted by molar-refractivity contribution is 7.86. The largest absolute Gasteiger partial charge is 0.465 e. The quantitative estimate of drug-likeness (QED) is 0.501. The average molecular weight is 538 g/mol. The van der Waals surface area contributed by atoms with Gasteiger partial charge in [0.25, 0.3) is 10.2 Å². The number of carbonyl (C=O) groups is 1. The number of anilines is 1. The van der Waals surface area contributed by atoms with Crippen LogP contribution in [0.4, 0.5) is 5.69 Å². The zero-order valence-electron chi connectivity index (χ0n) is 22.0.